The Morgan fingerprint density at radius 1 is 1.13 bits per heavy atom. The minimum atomic E-state index is -0.634. The van der Waals surface area contributed by atoms with Gasteiger partial charge in [-0.25, -0.2) is 4.68 Å². The predicted octanol–water partition coefficient (Wildman–Crippen LogP) is 2.66. The highest BCUT2D eigenvalue weighted by atomic mass is 35.5. The molecule has 0 spiro atoms. The van der Waals surface area contributed by atoms with Gasteiger partial charge in [0.05, 0.1) is 11.9 Å². The Morgan fingerprint density at radius 3 is 2.74 bits per heavy atom. The van der Waals surface area contributed by atoms with Crippen LogP contribution in [0.5, 0.6) is 0 Å². The van der Waals surface area contributed by atoms with Crippen LogP contribution >= 0.6 is 11.6 Å². The van der Waals surface area contributed by atoms with E-state index in [0.717, 1.165) is 22.4 Å². The maximum atomic E-state index is 12.8. The number of rotatable bonds is 3. The fourth-order valence-corrected chi connectivity index (χ4v) is 4.16. The quantitative estimate of drug-likeness (QED) is 0.638. The molecule has 1 unspecified atom stereocenters. The lowest BCUT2D eigenvalue weighted by molar-refractivity contribution is -0.136. The summed E-state index contributed by atoms with van der Waals surface area (Å²) in [6.45, 7) is 2.25. The Kier molecular flexibility index (Phi) is 4.59. The largest absolute Gasteiger partial charge is 0.322 e. The third kappa shape index (κ3) is 3.38. The van der Waals surface area contributed by atoms with Gasteiger partial charge in [0.25, 0.3) is 5.91 Å². The van der Waals surface area contributed by atoms with Gasteiger partial charge in [-0.1, -0.05) is 28.9 Å². The number of aryl methyl sites for hydroxylation is 1. The topological polar surface area (TPSA) is 97.2 Å². The molecule has 3 heterocycles. The minimum absolute atomic E-state index is 0.204. The molecule has 2 aliphatic heterocycles. The molecular weight excluding hydrogens is 418 g/mol. The standard InChI is InChI=1S/C22H18ClN5O3/c1-12-2-3-13(9-17(12)23)18-11-28(26-25-18)15-4-5-16-14(8-15)10-27(22(16)31)19-6-7-20(29)24-21(19)30/h2-5,8-9,11,19H,6-7,10H2,1H3,(H,24,29,30). The van der Waals surface area contributed by atoms with Crippen LogP contribution in [0.4, 0.5) is 0 Å². The van der Waals surface area contributed by atoms with Crippen molar-refractivity contribution in [3.05, 3.63) is 64.3 Å². The van der Waals surface area contributed by atoms with Gasteiger partial charge in [-0.2, -0.15) is 0 Å². The van der Waals surface area contributed by atoms with Crippen molar-refractivity contribution in [2.75, 3.05) is 0 Å². The van der Waals surface area contributed by atoms with Gasteiger partial charge in [-0.15, -0.1) is 5.10 Å². The van der Waals surface area contributed by atoms with E-state index < -0.39 is 11.9 Å². The molecule has 3 aromatic rings. The van der Waals surface area contributed by atoms with Crippen molar-refractivity contribution < 1.29 is 14.4 Å². The maximum Gasteiger partial charge on any atom is 0.255 e. The molecule has 9 heteroatoms. The van der Waals surface area contributed by atoms with E-state index in [4.69, 9.17) is 11.6 Å². The van der Waals surface area contributed by atoms with Gasteiger partial charge >= 0.3 is 0 Å². The Bertz CT molecular complexity index is 1250. The minimum Gasteiger partial charge on any atom is -0.322 e. The van der Waals surface area contributed by atoms with Crippen LogP contribution < -0.4 is 5.32 Å². The summed E-state index contributed by atoms with van der Waals surface area (Å²) in [5, 5.41) is 11.4. The van der Waals surface area contributed by atoms with Crippen LogP contribution in [0.2, 0.25) is 5.02 Å². The predicted molar refractivity (Wildman–Crippen MR) is 113 cm³/mol. The molecule has 5 rings (SSSR count). The number of piperidine rings is 1. The summed E-state index contributed by atoms with van der Waals surface area (Å²) >= 11 is 6.22. The van der Waals surface area contributed by atoms with Crippen LogP contribution in [-0.2, 0) is 16.1 Å². The molecule has 1 atom stereocenters. The number of carbonyl (C=O) groups is 3. The summed E-state index contributed by atoms with van der Waals surface area (Å²) in [4.78, 5) is 38.0. The van der Waals surface area contributed by atoms with E-state index in [2.05, 4.69) is 15.6 Å². The van der Waals surface area contributed by atoms with E-state index in [1.54, 1.807) is 23.0 Å². The highest BCUT2D eigenvalue weighted by molar-refractivity contribution is 6.31. The zero-order chi connectivity index (χ0) is 21.7. The summed E-state index contributed by atoms with van der Waals surface area (Å²) < 4.78 is 1.64. The molecule has 0 radical (unpaired) electrons. The van der Waals surface area contributed by atoms with Crippen molar-refractivity contribution in [3.8, 4) is 16.9 Å². The lowest BCUT2D eigenvalue weighted by atomic mass is 10.0. The van der Waals surface area contributed by atoms with Gasteiger partial charge in [0.1, 0.15) is 11.7 Å². The van der Waals surface area contributed by atoms with Gasteiger partial charge in [0, 0.05) is 29.1 Å². The second-order valence-corrected chi connectivity index (χ2v) is 8.16. The van der Waals surface area contributed by atoms with Crippen molar-refractivity contribution in [3.63, 3.8) is 0 Å². The van der Waals surface area contributed by atoms with Gasteiger partial charge < -0.3 is 4.90 Å². The van der Waals surface area contributed by atoms with E-state index in [0.29, 0.717) is 29.2 Å². The molecule has 1 aromatic heterocycles. The Labute approximate surface area is 182 Å². The maximum absolute atomic E-state index is 12.8. The number of nitrogens with zero attached hydrogens (tertiary/aromatic N) is 4. The fourth-order valence-electron chi connectivity index (χ4n) is 3.98. The number of carbonyl (C=O) groups excluding carboxylic acids is 3. The van der Waals surface area contributed by atoms with Crippen molar-refractivity contribution in [1.29, 1.82) is 0 Å². The average molecular weight is 436 g/mol. The van der Waals surface area contributed by atoms with Crippen LogP contribution in [0.25, 0.3) is 16.9 Å². The molecule has 1 N–H and O–H groups in total. The number of fused-ring (bicyclic) bond motifs is 1. The number of benzene rings is 2. The summed E-state index contributed by atoms with van der Waals surface area (Å²) in [5.41, 5.74) is 4.66. The van der Waals surface area contributed by atoms with Crippen molar-refractivity contribution in [1.82, 2.24) is 25.2 Å². The zero-order valence-electron chi connectivity index (χ0n) is 16.6. The number of imide groups is 1. The lowest BCUT2D eigenvalue weighted by Gasteiger charge is -2.29. The third-order valence-corrected chi connectivity index (χ3v) is 6.14. The average Bonchev–Trinajstić information content (AvgIpc) is 3.35. The van der Waals surface area contributed by atoms with E-state index in [-0.39, 0.29) is 18.2 Å². The molecule has 156 valence electrons. The number of hydrogen-bond acceptors (Lipinski definition) is 5. The molecule has 1 fully saturated rings. The number of aromatic nitrogens is 3. The normalized spacial score (nSPS) is 18.3. The number of amides is 3. The molecule has 0 saturated carbocycles. The summed E-state index contributed by atoms with van der Waals surface area (Å²) in [7, 11) is 0. The van der Waals surface area contributed by atoms with E-state index >= 15 is 0 Å². The van der Waals surface area contributed by atoms with E-state index in [1.807, 2.05) is 31.2 Å². The third-order valence-electron chi connectivity index (χ3n) is 5.73. The second-order valence-electron chi connectivity index (χ2n) is 7.75. The molecular formula is C22H18ClN5O3. The first-order valence-corrected chi connectivity index (χ1v) is 10.3. The monoisotopic (exact) mass is 435 g/mol. The number of hydrogen-bond donors (Lipinski definition) is 1. The van der Waals surface area contributed by atoms with Crippen LogP contribution in [0.3, 0.4) is 0 Å². The smallest absolute Gasteiger partial charge is 0.255 e. The number of nitrogens with one attached hydrogen (secondary N) is 1. The molecule has 0 bridgehead atoms. The van der Waals surface area contributed by atoms with Gasteiger partial charge in [-0.05, 0) is 48.7 Å². The first kappa shape index (κ1) is 19.4. The van der Waals surface area contributed by atoms with Crippen molar-refractivity contribution in [2.45, 2.75) is 32.4 Å². The van der Waals surface area contributed by atoms with Gasteiger partial charge in [-0.3, -0.25) is 19.7 Å². The van der Waals surface area contributed by atoms with Gasteiger partial charge in [0.15, 0.2) is 0 Å². The fraction of sp³-hybridized carbons (Fsp3) is 0.227. The van der Waals surface area contributed by atoms with Crippen LogP contribution in [0, 0.1) is 6.92 Å². The van der Waals surface area contributed by atoms with Gasteiger partial charge in [0.2, 0.25) is 11.8 Å². The zero-order valence-corrected chi connectivity index (χ0v) is 17.4. The lowest BCUT2D eigenvalue weighted by Crippen LogP contribution is -2.52. The molecule has 2 aromatic carbocycles. The van der Waals surface area contributed by atoms with Crippen LogP contribution in [0.15, 0.2) is 42.6 Å². The highest BCUT2D eigenvalue weighted by Gasteiger charge is 2.39. The summed E-state index contributed by atoms with van der Waals surface area (Å²) in [5.74, 6) is -0.926. The number of halogens is 1. The van der Waals surface area contributed by atoms with Crippen LogP contribution in [-0.4, -0.2) is 43.7 Å². The molecule has 3 amide bonds. The Morgan fingerprint density at radius 2 is 1.97 bits per heavy atom. The SMILES string of the molecule is Cc1ccc(-c2cn(-c3ccc4c(c3)CN(C3CCC(=O)NC3=O)C4=O)nn2)cc1Cl. The van der Waals surface area contributed by atoms with E-state index in [1.165, 1.54) is 4.90 Å². The second kappa shape index (κ2) is 7.31. The summed E-state index contributed by atoms with van der Waals surface area (Å²) in [6, 6.07) is 10.5. The molecule has 0 aliphatic carbocycles. The van der Waals surface area contributed by atoms with Crippen LogP contribution in [0.1, 0.15) is 34.3 Å². The first-order valence-electron chi connectivity index (χ1n) is 9.87. The van der Waals surface area contributed by atoms with Crippen molar-refractivity contribution in [2.24, 2.45) is 0 Å². The molecule has 31 heavy (non-hydrogen) atoms. The first-order chi connectivity index (χ1) is 14.9. The molecule has 2 aliphatic rings. The molecule has 1 saturated heterocycles. The highest BCUT2D eigenvalue weighted by Crippen LogP contribution is 2.29. The summed E-state index contributed by atoms with van der Waals surface area (Å²) in [6.07, 6.45) is 2.37. The van der Waals surface area contributed by atoms with E-state index in [9.17, 15) is 14.4 Å². The molecule has 8 nitrogen and oxygen atoms in total. The van der Waals surface area contributed by atoms with Crippen molar-refractivity contribution >= 4 is 29.3 Å². The Hall–Kier alpha value is -3.52. The Balaban J connectivity index is 1.41.